The van der Waals surface area contributed by atoms with Gasteiger partial charge in [0.1, 0.15) is 6.33 Å². The normalized spacial score (nSPS) is 11.0. The second-order valence-electron chi connectivity index (χ2n) is 6.55. The lowest BCUT2D eigenvalue weighted by molar-refractivity contribution is 0.795. The molecule has 2 aromatic carbocycles. The molecule has 1 aromatic heterocycles. The molecule has 124 valence electrons. The third-order valence-electron chi connectivity index (χ3n) is 4.40. The Bertz CT molecular complexity index is 823. The summed E-state index contributed by atoms with van der Waals surface area (Å²) in [4.78, 5) is 4.54. The Balaban J connectivity index is 2.06. The van der Waals surface area contributed by atoms with Crippen LogP contribution in [0.5, 0.6) is 0 Å². The second kappa shape index (κ2) is 7.00. The van der Waals surface area contributed by atoms with Gasteiger partial charge in [0.05, 0.1) is 5.69 Å². The van der Waals surface area contributed by atoms with E-state index in [9.17, 15) is 0 Å². The molecule has 0 saturated carbocycles. The van der Waals surface area contributed by atoms with Crippen LogP contribution in [0.4, 0.5) is 0 Å². The van der Waals surface area contributed by atoms with Crippen molar-refractivity contribution in [2.75, 3.05) is 0 Å². The van der Waals surface area contributed by atoms with Crippen molar-refractivity contribution in [3.8, 4) is 17.1 Å². The third kappa shape index (κ3) is 3.25. The molecule has 24 heavy (non-hydrogen) atoms. The van der Waals surface area contributed by atoms with Gasteiger partial charge in [-0.2, -0.15) is 5.10 Å². The summed E-state index contributed by atoms with van der Waals surface area (Å²) in [7, 11) is 0. The predicted molar refractivity (Wildman–Crippen MR) is 99.6 cm³/mol. The maximum atomic E-state index is 4.54. The third-order valence-corrected chi connectivity index (χ3v) is 4.40. The fourth-order valence-electron chi connectivity index (χ4n) is 3.36. The van der Waals surface area contributed by atoms with E-state index in [1.807, 2.05) is 4.68 Å². The minimum absolute atomic E-state index is 0.906. The fourth-order valence-corrected chi connectivity index (χ4v) is 3.36. The standard InChI is InChI=1S/C21H25N3/c1-5-6-8-18-9-7-10-19(13-18)21-22-14-23-24(21)20-16(3)11-15(2)12-17(20)4/h7,9-14H,5-6,8H2,1-4H3. The van der Waals surface area contributed by atoms with Gasteiger partial charge in [0.2, 0.25) is 0 Å². The summed E-state index contributed by atoms with van der Waals surface area (Å²) in [5.74, 6) is 0.906. The van der Waals surface area contributed by atoms with E-state index >= 15 is 0 Å². The average Bonchev–Trinajstić information content (AvgIpc) is 3.01. The highest BCUT2D eigenvalue weighted by atomic mass is 15.3. The number of aryl methyl sites for hydroxylation is 4. The lowest BCUT2D eigenvalue weighted by Crippen LogP contribution is -2.05. The van der Waals surface area contributed by atoms with E-state index in [0.29, 0.717) is 0 Å². The summed E-state index contributed by atoms with van der Waals surface area (Å²) < 4.78 is 1.98. The molecule has 0 atom stereocenters. The van der Waals surface area contributed by atoms with Crippen molar-refractivity contribution in [2.45, 2.75) is 47.0 Å². The average molecular weight is 319 g/mol. The first-order chi connectivity index (χ1) is 11.6. The van der Waals surface area contributed by atoms with Gasteiger partial charge in [-0.15, -0.1) is 0 Å². The number of aromatic nitrogens is 3. The summed E-state index contributed by atoms with van der Waals surface area (Å²) >= 11 is 0. The van der Waals surface area contributed by atoms with Gasteiger partial charge < -0.3 is 0 Å². The van der Waals surface area contributed by atoms with Crippen LogP contribution in [0.1, 0.15) is 42.0 Å². The maximum absolute atomic E-state index is 4.54. The van der Waals surface area contributed by atoms with Gasteiger partial charge in [-0.05, 0) is 56.4 Å². The number of hydrogen-bond donors (Lipinski definition) is 0. The number of unbranched alkanes of at least 4 members (excludes halogenated alkanes) is 1. The van der Waals surface area contributed by atoms with E-state index in [4.69, 9.17) is 0 Å². The number of benzene rings is 2. The molecule has 0 bridgehead atoms. The van der Waals surface area contributed by atoms with Gasteiger partial charge in [0.25, 0.3) is 0 Å². The Morgan fingerprint density at radius 1 is 1.00 bits per heavy atom. The minimum atomic E-state index is 0.906. The van der Waals surface area contributed by atoms with Crippen LogP contribution >= 0.6 is 0 Å². The molecule has 0 aliphatic carbocycles. The van der Waals surface area contributed by atoms with Gasteiger partial charge in [-0.3, -0.25) is 0 Å². The van der Waals surface area contributed by atoms with Gasteiger partial charge in [-0.25, -0.2) is 9.67 Å². The smallest absolute Gasteiger partial charge is 0.163 e. The Labute approximate surface area is 144 Å². The molecule has 0 aliphatic heterocycles. The van der Waals surface area contributed by atoms with E-state index in [1.165, 1.54) is 35.1 Å². The molecule has 0 amide bonds. The number of rotatable bonds is 5. The van der Waals surface area contributed by atoms with E-state index in [0.717, 1.165) is 23.5 Å². The zero-order chi connectivity index (χ0) is 17.1. The Morgan fingerprint density at radius 2 is 1.75 bits per heavy atom. The Kier molecular flexibility index (Phi) is 4.79. The van der Waals surface area contributed by atoms with Crippen LogP contribution in [0.25, 0.3) is 17.1 Å². The van der Waals surface area contributed by atoms with E-state index in [1.54, 1.807) is 6.33 Å². The highest BCUT2D eigenvalue weighted by molar-refractivity contribution is 5.61. The lowest BCUT2D eigenvalue weighted by Gasteiger charge is -2.14. The van der Waals surface area contributed by atoms with Crippen molar-refractivity contribution in [1.82, 2.24) is 14.8 Å². The van der Waals surface area contributed by atoms with Gasteiger partial charge in [0.15, 0.2) is 5.82 Å². The first-order valence-corrected chi connectivity index (χ1v) is 8.67. The molecule has 3 aromatic rings. The number of hydrogen-bond acceptors (Lipinski definition) is 2. The molecule has 0 unspecified atom stereocenters. The highest BCUT2D eigenvalue weighted by Gasteiger charge is 2.14. The van der Waals surface area contributed by atoms with Crippen LogP contribution in [-0.4, -0.2) is 14.8 Å². The van der Waals surface area contributed by atoms with Gasteiger partial charge in [0, 0.05) is 5.56 Å². The molecule has 3 heteroatoms. The maximum Gasteiger partial charge on any atom is 0.163 e. The molecule has 0 aliphatic rings. The van der Waals surface area contributed by atoms with Crippen LogP contribution in [0, 0.1) is 20.8 Å². The van der Waals surface area contributed by atoms with E-state index in [-0.39, 0.29) is 0 Å². The zero-order valence-electron chi connectivity index (χ0n) is 15.0. The summed E-state index contributed by atoms with van der Waals surface area (Å²) in [5.41, 5.74) is 7.34. The molecule has 0 spiro atoms. The molecule has 0 N–H and O–H groups in total. The lowest BCUT2D eigenvalue weighted by atomic mass is 10.0. The van der Waals surface area contributed by atoms with Crippen LogP contribution in [0.15, 0.2) is 42.7 Å². The van der Waals surface area contributed by atoms with Crippen molar-refractivity contribution in [3.05, 3.63) is 65.0 Å². The van der Waals surface area contributed by atoms with Crippen LogP contribution in [0.3, 0.4) is 0 Å². The minimum Gasteiger partial charge on any atom is -0.215 e. The molecule has 0 fully saturated rings. The Hall–Kier alpha value is -2.42. The molecule has 3 rings (SSSR count). The molecular weight excluding hydrogens is 294 g/mol. The predicted octanol–water partition coefficient (Wildman–Crippen LogP) is 5.20. The molecule has 1 heterocycles. The van der Waals surface area contributed by atoms with Crippen LogP contribution in [-0.2, 0) is 6.42 Å². The molecule has 0 saturated heterocycles. The SMILES string of the molecule is CCCCc1cccc(-c2ncnn2-c2c(C)cc(C)cc2C)c1. The Morgan fingerprint density at radius 3 is 2.46 bits per heavy atom. The first-order valence-electron chi connectivity index (χ1n) is 8.67. The van der Waals surface area contributed by atoms with Gasteiger partial charge in [-0.1, -0.05) is 49.2 Å². The van der Waals surface area contributed by atoms with Crippen molar-refractivity contribution in [1.29, 1.82) is 0 Å². The summed E-state index contributed by atoms with van der Waals surface area (Å²) in [6, 6.07) is 13.1. The van der Waals surface area contributed by atoms with Crippen molar-refractivity contribution in [2.24, 2.45) is 0 Å². The first kappa shape index (κ1) is 16.4. The van der Waals surface area contributed by atoms with Crippen molar-refractivity contribution < 1.29 is 0 Å². The van der Waals surface area contributed by atoms with E-state index < -0.39 is 0 Å². The summed E-state index contributed by atoms with van der Waals surface area (Å²) in [6.07, 6.45) is 5.18. The zero-order valence-corrected chi connectivity index (χ0v) is 15.0. The molecular formula is C21H25N3. The number of nitrogens with zero attached hydrogens (tertiary/aromatic N) is 3. The van der Waals surface area contributed by atoms with Crippen LogP contribution < -0.4 is 0 Å². The molecule has 0 radical (unpaired) electrons. The highest BCUT2D eigenvalue weighted by Crippen LogP contribution is 2.26. The topological polar surface area (TPSA) is 30.7 Å². The summed E-state index contributed by atoms with van der Waals surface area (Å²) in [6.45, 7) is 8.63. The second-order valence-corrected chi connectivity index (χ2v) is 6.55. The van der Waals surface area contributed by atoms with E-state index in [2.05, 4.69) is 74.2 Å². The fraction of sp³-hybridized carbons (Fsp3) is 0.333. The largest absolute Gasteiger partial charge is 0.215 e. The quantitative estimate of drug-likeness (QED) is 0.647. The molecule has 3 nitrogen and oxygen atoms in total. The monoisotopic (exact) mass is 319 g/mol. The summed E-state index contributed by atoms with van der Waals surface area (Å²) in [5, 5.41) is 4.51. The van der Waals surface area contributed by atoms with Gasteiger partial charge >= 0.3 is 0 Å². The van der Waals surface area contributed by atoms with Crippen molar-refractivity contribution in [3.63, 3.8) is 0 Å². The van der Waals surface area contributed by atoms with Crippen molar-refractivity contribution >= 4 is 0 Å². The van der Waals surface area contributed by atoms with Crippen LogP contribution in [0.2, 0.25) is 0 Å².